The van der Waals surface area contributed by atoms with Gasteiger partial charge in [0.15, 0.2) is 0 Å². The first kappa shape index (κ1) is 14.3. The van der Waals surface area contributed by atoms with Crippen LogP contribution in [0.4, 0.5) is 4.39 Å². The van der Waals surface area contributed by atoms with Crippen LogP contribution in [-0.2, 0) is 0 Å². The van der Waals surface area contributed by atoms with Crippen molar-refractivity contribution >= 4 is 27.5 Å². The summed E-state index contributed by atoms with van der Waals surface area (Å²) in [7, 11) is 0. The van der Waals surface area contributed by atoms with E-state index in [1.807, 2.05) is 19.1 Å². The minimum Gasteiger partial charge on any atom is -0.456 e. The minimum absolute atomic E-state index is 0.0336. The fraction of sp³-hybridized carbons (Fsp3) is 0.143. The van der Waals surface area contributed by atoms with Crippen LogP contribution in [0.1, 0.15) is 18.5 Å². The molecule has 0 aliphatic carbocycles. The summed E-state index contributed by atoms with van der Waals surface area (Å²) in [6, 6.07) is 10.00. The van der Waals surface area contributed by atoms with Gasteiger partial charge in [-0.1, -0.05) is 23.7 Å². The molecular weight excluding hydrogens is 333 g/mol. The Morgan fingerprint density at radius 2 is 1.89 bits per heavy atom. The molecule has 2 aromatic carbocycles. The average molecular weight is 345 g/mol. The van der Waals surface area contributed by atoms with E-state index in [0.717, 1.165) is 5.56 Å². The van der Waals surface area contributed by atoms with Gasteiger partial charge in [0.05, 0.1) is 9.50 Å². The standard InChI is InChI=1S/C14H12BrClFNO/c1-8(18)9-2-4-10(5-3-9)19-14-7-13(17)12(16)6-11(14)15/h2-8H,18H2,1H3/t8-/m0/s1. The number of benzene rings is 2. The molecule has 0 aromatic heterocycles. The molecule has 0 bridgehead atoms. The van der Waals surface area contributed by atoms with Crippen LogP contribution in [0.5, 0.6) is 11.5 Å². The largest absolute Gasteiger partial charge is 0.456 e. The highest BCUT2D eigenvalue weighted by molar-refractivity contribution is 9.10. The predicted octanol–water partition coefficient (Wildman–Crippen LogP) is 5.05. The molecule has 0 unspecified atom stereocenters. The van der Waals surface area contributed by atoms with E-state index < -0.39 is 5.82 Å². The van der Waals surface area contributed by atoms with Crippen LogP contribution in [0.2, 0.25) is 5.02 Å². The summed E-state index contributed by atoms with van der Waals surface area (Å²) in [6.07, 6.45) is 0. The smallest absolute Gasteiger partial charge is 0.145 e. The lowest BCUT2D eigenvalue weighted by molar-refractivity contribution is 0.473. The van der Waals surface area contributed by atoms with Crippen molar-refractivity contribution in [2.45, 2.75) is 13.0 Å². The number of rotatable bonds is 3. The van der Waals surface area contributed by atoms with Crippen molar-refractivity contribution in [1.29, 1.82) is 0 Å². The number of ether oxygens (including phenoxy) is 1. The highest BCUT2D eigenvalue weighted by Crippen LogP contribution is 2.33. The first-order chi connectivity index (χ1) is 8.97. The third-order valence-corrected chi connectivity index (χ3v) is 3.52. The van der Waals surface area contributed by atoms with Crippen LogP contribution in [0, 0.1) is 5.82 Å². The van der Waals surface area contributed by atoms with Gasteiger partial charge in [0.1, 0.15) is 17.3 Å². The van der Waals surface area contributed by atoms with Gasteiger partial charge in [-0.3, -0.25) is 0 Å². The van der Waals surface area contributed by atoms with Crippen molar-refractivity contribution in [2.24, 2.45) is 5.73 Å². The third kappa shape index (κ3) is 3.47. The molecule has 100 valence electrons. The Labute approximate surface area is 124 Å². The van der Waals surface area contributed by atoms with Crippen LogP contribution in [-0.4, -0.2) is 0 Å². The van der Waals surface area contributed by atoms with Crippen molar-refractivity contribution in [3.63, 3.8) is 0 Å². The summed E-state index contributed by atoms with van der Waals surface area (Å²) in [5.41, 5.74) is 6.77. The van der Waals surface area contributed by atoms with Gasteiger partial charge >= 0.3 is 0 Å². The second kappa shape index (κ2) is 5.90. The molecule has 0 radical (unpaired) electrons. The van der Waals surface area contributed by atoms with Gasteiger partial charge in [0.25, 0.3) is 0 Å². The van der Waals surface area contributed by atoms with Gasteiger partial charge in [-0.25, -0.2) is 4.39 Å². The molecule has 2 N–H and O–H groups in total. The average Bonchev–Trinajstić information content (AvgIpc) is 2.36. The van der Waals surface area contributed by atoms with Crippen molar-refractivity contribution in [2.75, 3.05) is 0 Å². The molecule has 0 heterocycles. The van der Waals surface area contributed by atoms with Crippen LogP contribution in [0.25, 0.3) is 0 Å². The van der Waals surface area contributed by atoms with Crippen LogP contribution in [0.15, 0.2) is 40.9 Å². The normalized spacial score (nSPS) is 12.3. The summed E-state index contributed by atoms with van der Waals surface area (Å²) >= 11 is 8.95. The molecule has 1 atom stereocenters. The lowest BCUT2D eigenvalue weighted by Crippen LogP contribution is -2.04. The van der Waals surface area contributed by atoms with Gasteiger partial charge < -0.3 is 10.5 Å². The molecule has 0 spiro atoms. The van der Waals surface area contributed by atoms with E-state index in [0.29, 0.717) is 16.0 Å². The SMILES string of the molecule is C[C@H](N)c1ccc(Oc2cc(F)c(Cl)cc2Br)cc1. The van der Waals surface area contributed by atoms with E-state index in [2.05, 4.69) is 15.9 Å². The highest BCUT2D eigenvalue weighted by Gasteiger charge is 2.09. The zero-order chi connectivity index (χ0) is 14.0. The molecule has 2 rings (SSSR count). The zero-order valence-corrected chi connectivity index (χ0v) is 12.5. The number of halogens is 3. The summed E-state index contributed by atoms with van der Waals surface area (Å²) < 4.78 is 19.6. The lowest BCUT2D eigenvalue weighted by atomic mass is 10.1. The summed E-state index contributed by atoms with van der Waals surface area (Å²) in [6.45, 7) is 1.90. The Hall–Kier alpha value is -1.10. The maximum atomic E-state index is 13.4. The molecule has 2 nitrogen and oxygen atoms in total. The lowest BCUT2D eigenvalue weighted by Gasteiger charge is -2.10. The van der Waals surface area contributed by atoms with Gasteiger partial charge in [0, 0.05) is 12.1 Å². The van der Waals surface area contributed by atoms with Crippen LogP contribution >= 0.6 is 27.5 Å². The Morgan fingerprint density at radius 3 is 2.47 bits per heavy atom. The molecule has 0 fully saturated rings. The molecule has 0 saturated carbocycles. The van der Waals surface area contributed by atoms with E-state index in [1.54, 1.807) is 12.1 Å². The van der Waals surface area contributed by atoms with Crippen molar-refractivity contribution in [3.8, 4) is 11.5 Å². The molecule has 2 aromatic rings. The predicted molar refractivity (Wildman–Crippen MR) is 78.2 cm³/mol. The Morgan fingerprint density at radius 1 is 1.26 bits per heavy atom. The Balaban J connectivity index is 2.24. The second-order valence-electron chi connectivity index (χ2n) is 4.16. The molecule has 19 heavy (non-hydrogen) atoms. The zero-order valence-electron chi connectivity index (χ0n) is 10.2. The minimum atomic E-state index is -0.521. The number of nitrogens with two attached hydrogens (primary N) is 1. The molecule has 0 saturated heterocycles. The van der Waals surface area contributed by atoms with E-state index in [1.165, 1.54) is 12.1 Å². The fourth-order valence-corrected chi connectivity index (χ4v) is 2.27. The topological polar surface area (TPSA) is 35.2 Å². The van der Waals surface area contributed by atoms with Crippen molar-refractivity contribution in [1.82, 2.24) is 0 Å². The summed E-state index contributed by atoms with van der Waals surface area (Å²) in [4.78, 5) is 0. The molecule has 5 heteroatoms. The molecule has 0 aliphatic rings. The van der Waals surface area contributed by atoms with E-state index in [9.17, 15) is 4.39 Å². The number of hydrogen-bond acceptors (Lipinski definition) is 2. The Kier molecular flexibility index (Phi) is 4.45. The quantitative estimate of drug-likeness (QED) is 0.790. The number of hydrogen-bond donors (Lipinski definition) is 1. The van der Waals surface area contributed by atoms with Crippen LogP contribution in [0.3, 0.4) is 0 Å². The van der Waals surface area contributed by atoms with E-state index in [4.69, 9.17) is 22.1 Å². The van der Waals surface area contributed by atoms with Crippen LogP contribution < -0.4 is 10.5 Å². The maximum absolute atomic E-state index is 13.4. The first-order valence-electron chi connectivity index (χ1n) is 5.65. The van der Waals surface area contributed by atoms with Gasteiger partial charge in [-0.15, -0.1) is 0 Å². The molecule has 0 aliphatic heterocycles. The summed E-state index contributed by atoms with van der Waals surface area (Å²) in [5.74, 6) is 0.453. The van der Waals surface area contributed by atoms with Gasteiger partial charge in [-0.2, -0.15) is 0 Å². The first-order valence-corrected chi connectivity index (χ1v) is 6.82. The maximum Gasteiger partial charge on any atom is 0.145 e. The highest BCUT2D eigenvalue weighted by atomic mass is 79.9. The van der Waals surface area contributed by atoms with Crippen molar-refractivity contribution < 1.29 is 9.13 Å². The summed E-state index contributed by atoms with van der Waals surface area (Å²) in [5, 5.41) is 0.0477. The van der Waals surface area contributed by atoms with E-state index >= 15 is 0 Å². The molecular formula is C14H12BrClFNO. The second-order valence-corrected chi connectivity index (χ2v) is 5.42. The van der Waals surface area contributed by atoms with Gasteiger partial charge in [0.2, 0.25) is 0 Å². The fourth-order valence-electron chi connectivity index (χ4n) is 1.55. The third-order valence-electron chi connectivity index (χ3n) is 2.61. The van der Waals surface area contributed by atoms with E-state index in [-0.39, 0.29) is 11.1 Å². The molecule has 0 amide bonds. The monoisotopic (exact) mass is 343 g/mol. The van der Waals surface area contributed by atoms with Crippen molar-refractivity contribution in [3.05, 3.63) is 57.3 Å². The Bertz CT molecular complexity index is 587. The van der Waals surface area contributed by atoms with Gasteiger partial charge in [-0.05, 0) is 46.6 Å².